The lowest BCUT2D eigenvalue weighted by molar-refractivity contribution is -0.140. The molecule has 0 aromatic rings. The number of nitrogens with one attached hydrogen (secondary N) is 1. The summed E-state index contributed by atoms with van der Waals surface area (Å²) in [4.78, 5) is 40.2. The molecule has 0 aromatic heterocycles. The van der Waals surface area contributed by atoms with E-state index in [2.05, 4.69) is 17.5 Å². The van der Waals surface area contributed by atoms with Crippen LogP contribution in [0.5, 0.6) is 0 Å². The van der Waals surface area contributed by atoms with Crippen molar-refractivity contribution < 1.29 is 14.4 Å². The lowest BCUT2D eigenvalue weighted by Crippen LogP contribution is -2.44. The van der Waals surface area contributed by atoms with Gasteiger partial charge >= 0.3 is 6.03 Å². The van der Waals surface area contributed by atoms with Crippen LogP contribution in [0.15, 0.2) is 12.2 Å². The summed E-state index contributed by atoms with van der Waals surface area (Å²) >= 11 is 0. The van der Waals surface area contributed by atoms with Crippen molar-refractivity contribution in [1.82, 2.24) is 15.1 Å². The summed E-state index contributed by atoms with van der Waals surface area (Å²) < 4.78 is 0. The van der Waals surface area contributed by atoms with Gasteiger partial charge in [-0.05, 0) is 38.5 Å². The molecular weight excluding hydrogens is 294 g/mol. The molecule has 4 aliphatic rings. The Morgan fingerprint density at radius 3 is 2.09 bits per heavy atom. The van der Waals surface area contributed by atoms with E-state index in [-0.39, 0.29) is 48.1 Å². The summed E-state index contributed by atoms with van der Waals surface area (Å²) in [5.74, 6) is 0.0233. The lowest BCUT2D eigenvalue weighted by atomic mass is 9.63. The number of urea groups is 1. The largest absolute Gasteiger partial charge is 0.336 e. The van der Waals surface area contributed by atoms with E-state index in [9.17, 15) is 14.4 Å². The minimum atomic E-state index is -0.162. The number of carbonyl (C=O) groups is 3. The molecular formula is C17H25N3O3. The fourth-order valence-corrected chi connectivity index (χ4v) is 4.25. The third-order valence-electron chi connectivity index (χ3n) is 5.51. The first kappa shape index (κ1) is 16.0. The summed E-state index contributed by atoms with van der Waals surface area (Å²) in [7, 11) is 0. The number of carbonyl (C=O) groups excluding carboxylic acids is 3. The van der Waals surface area contributed by atoms with Crippen molar-refractivity contribution in [3.05, 3.63) is 12.2 Å². The average molecular weight is 319 g/mol. The Hall–Kier alpha value is -1.85. The molecule has 4 rings (SSSR count). The molecule has 2 fully saturated rings. The molecule has 4 atom stereocenters. The van der Waals surface area contributed by atoms with Gasteiger partial charge in [-0.1, -0.05) is 12.2 Å². The third kappa shape index (κ3) is 2.64. The summed E-state index contributed by atoms with van der Waals surface area (Å²) in [5.41, 5.74) is 0. The van der Waals surface area contributed by atoms with E-state index >= 15 is 0 Å². The van der Waals surface area contributed by atoms with Crippen LogP contribution in [-0.4, -0.2) is 53.8 Å². The second-order valence-electron chi connectivity index (χ2n) is 6.57. The molecule has 3 aliphatic carbocycles. The number of hydrogen-bond acceptors (Lipinski definition) is 3. The fraction of sp³-hybridized carbons (Fsp3) is 0.706. The zero-order valence-electron chi connectivity index (χ0n) is 13.8. The van der Waals surface area contributed by atoms with Crippen LogP contribution in [0.4, 0.5) is 4.79 Å². The molecule has 23 heavy (non-hydrogen) atoms. The van der Waals surface area contributed by atoms with Crippen LogP contribution in [0.3, 0.4) is 0 Å². The highest BCUT2D eigenvalue weighted by Gasteiger charge is 2.56. The maximum Gasteiger partial charge on any atom is 0.317 e. The highest BCUT2D eigenvalue weighted by atomic mass is 16.2. The van der Waals surface area contributed by atoms with Crippen LogP contribution in [0.2, 0.25) is 0 Å². The van der Waals surface area contributed by atoms with E-state index in [0.717, 1.165) is 12.8 Å². The number of allylic oxidation sites excluding steroid dienone is 2. The van der Waals surface area contributed by atoms with Crippen molar-refractivity contribution in [2.24, 2.45) is 23.7 Å². The van der Waals surface area contributed by atoms with Crippen molar-refractivity contribution in [1.29, 1.82) is 0 Å². The van der Waals surface area contributed by atoms with Gasteiger partial charge in [-0.3, -0.25) is 14.5 Å². The summed E-state index contributed by atoms with van der Waals surface area (Å²) in [5, 5.41) is 2.80. The Bertz CT molecular complexity index is 509. The molecule has 1 N–H and O–H groups in total. The van der Waals surface area contributed by atoms with Gasteiger partial charge in [0.05, 0.1) is 11.8 Å². The Labute approximate surface area is 136 Å². The van der Waals surface area contributed by atoms with E-state index in [0.29, 0.717) is 19.6 Å². The second kappa shape index (κ2) is 6.34. The van der Waals surface area contributed by atoms with Gasteiger partial charge in [-0.15, -0.1) is 0 Å². The van der Waals surface area contributed by atoms with Crippen LogP contribution >= 0.6 is 0 Å². The highest BCUT2D eigenvalue weighted by Crippen LogP contribution is 2.49. The van der Waals surface area contributed by atoms with E-state index in [1.807, 2.05) is 13.8 Å². The van der Waals surface area contributed by atoms with Gasteiger partial charge < -0.3 is 10.2 Å². The first-order chi connectivity index (χ1) is 11.1. The number of nitrogens with zero attached hydrogens (tertiary/aromatic N) is 2. The zero-order chi connectivity index (χ0) is 16.6. The van der Waals surface area contributed by atoms with Crippen LogP contribution in [-0.2, 0) is 9.59 Å². The normalized spacial score (nSPS) is 31.5. The molecule has 6 nitrogen and oxygen atoms in total. The third-order valence-corrected chi connectivity index (χ3v) is 5.51. The number of hydrogen-bond donors (Lipinski definition) is 1. The van der Waals surface area contributed by atoms with Crippen molar-refractivity contribution in [3.63, 3.8) is 0 Å². The number of rotatable bonds is 5. The van der Waals surface area contributed by atoms with Gasteiger partial charge in [0.15, 0.2) is 0 Å². The standard InChI is InChI=1S/C17H25N3O3/c1-3-19(4-2)17(23)18-9-10-20-15(21)13-11-5-6-12(8-7-11)14(13)16(20)22/h5-6,11-14H,3-4,7-10H2,1-2H3,(H,18,23)/t11-,12-,13-,14-/m0/s1. The SMILES string of the molecule is CCN(CC)C(=O)NCCN1C(=O)[C@@H]2[C@@H](C1=O)[C@H]1C=C[C@H]2CC1. The topological polar surface area (TPSA) is 69.7 Å². The lowest BCUT2D eigenvalue weighted by Gasteiger charge is -2.38. The van der Waals surface area contributed by atoms with Gasteiger partial charge in [0, 0.05) is 26.2 Å². The molecule has 0 unspecified atom stereocenters. The van der Waals surface area contributed by atoms with Crippen molar-refractivity contribution in [3.8, 4) is 0 Å². The Morgan fingerprint density at radius 1 is 1.13 bits per heavy atom. The Balaban J connectivity index is 1.59. The smallest absolute Gasteiger partial charge is 0.317 e. The average Bonchev–Trinajstić information content (AvgIpc) is 2.84. The van der Waals surface area contributed by atoms with Gasteiger partial charge in [-0.25, -0.2) is 4.79 Å². The van der Waals surface area contributed by atoms with Crippen LogP contribution in [0.1, 0.15) is 26.7 Å². The van der Waals surface area contributed by atoms with E-state index in [1.54, 1.807) is 4.90 Å². The maximum absolute atomic E-state index is 12.6. The van der Waals surface area contributed by atoms with Crippen LogP contribution in [0.25, 0.3) is 0 Å². The predicted molar refractivity (Wildman–Crippen MR) is 85.4 cm³/mol. The monoisotopic (exact) mass is 319 g/mol. The zero-order valence-corrected chi connectivity index (χ0v) is 13.8. The first-order valence-electron chi connectivity index (χ1n) is 8.64. The molecule has 126 valence electrons. The minimum Gasteiger partial charge on any atom is -0.336 e. The molecule has 1 aliphatic heterocycles. The molecule has 1 heterocycles. The molecule has 1 saturated carbocycles. The maximum atomic E-state index is 12.6. The molecule has 4 amide bonds. The van der Waals surface area contributed by atoms with Gasteiger partial charge in [0.2, 0.25) is 11.8 Å². The molecule has 0 aromatic carbocycles. The highest BCUT2D eigenvalue weighted by molar-refractivity contribution is 6.06. The number of likely N-dealkylation sites (tertiary alicyclic amines) is 1. The Kier molecular flexibility index (Phi) is 4.41. The van der Waals surface area contributed by atoms with Crippen LogP contribution in [0, 0.1) is 23.7 Å². The summed E-state index contributed by atoms with van der Waals surface area (Å²) in [6, 6.07) is -0.145. The van der Waals surface area contributed by atoms with Gasteiger partial charge in [0.1, 0.15) is 0 Å². The van der Waals surface area contributed by atoms with Crippen molar-refractivity contribution >= 4 is 17.8 Å². The number of amides is 4. The Morgan fingerprint density at radius 2 is 1.65 bits per heavy atom. The summed E-state index contributed by atoms with van der Waals surface area (Å²) in [6.07, 6.45) is 6.25. The molecule has 2 bridgehead atoms. The number of imide groups is 1. The van der Waals surface area contributed by atoms with Gasteiger partial charge in [0.25, 0.3) is 0 Å². The molecule has 0 spiro atoms. The molecule has 0 radical (unpaired) electrons. The summed E-state index contributed by atoms with van der Waals surface area (Å²) in [6.45, 7) is 5.71. The van der Waals surface area contributed by atoms with Crippen molar-refractivity contribution in [2.45, 2.75) is 26.7 Å². The predicted octanol–water partition coefficient (Wildman–Crippen LogP) is 1.23. The molecule has 1 saturated heterocycles. The minimum absolute atomic E-state index is 0.0452. The van der Waals surface area contributed by atoms with Crippen LogP contribution < -0.4 is 5.32 Å². The quantitative estimate of drug-likeness (QED) is 0.612. The van der Waals surface area contributed by atoms with E-state index < -0.39 is 0 Å². The van der Waals surface area contributed by atoms with Crippen molar-refractivity contribution in [2.75, 3.05) is 26.2 Å². The second-order valence-corrected chi connectivity index (χ2v) is 6.57. The first-order valence-corrected chi connectivity index (χ1v) is 8.64. The van der Waals surface area contributed by atoms with E-state index in [1.165, 1.54) is 4.90 Å². The molecule has 6 heteroatoms. The number of fused-ring (bicyclic) bond motifs is 1. The fourth-order valence-electron chi connectivity index (χ4n) is 4.25. The van der Waals surface area contributed by atoms with Gasteiger partial charge in [-0.2, -0.15) is 0 Å². The van der Waals surface area contributed by atoms with E-state index in [4.69, 9.17) is 0 Å².